The summed E-state index contributed by atoms with van der Waals surface area (Å²) in [5.41, 5.74) is 0.614. The zero-order chi connectivity index (χ0) is 17.3. The van der Waals surface area contributed by atoms with E-state index in [4.69, 9.17) is 6.57 Å². The summed E-state index contributed by atoms with van der Waals surface area (Å²) in [7, 11) is 1.35. The fourth-order valence-corrected chi connectivity index (χ4v) is 2.10. The maximum atomic E-state index is 12.8. The van der Waals surface area contributed by atoms with E-state index in [0.29, 0.717) is 23.1 Å². The molecule has 10 heteroatoms. The van der Waals surface area contributed by atoms with Crippen LogP contribution >= 0.6 is 0 Å². The van der Waals surface area contributed by atoms with Crippen LogP contribution in [0.5, 0.6) is 0 Å². The Bertz CT molecular complexity index is 940. The lowest BCUT2D eigenvalue weighted by atomic mass is 10.3. The highest BCUT2D eigenvalue weighted by molar-refractivity contribution is 5.76. The number of anilines is 3. The van der Waals surface area contributed by atoms with Crippen molar-refractivity contribution in [2.24, 2.45) is 0 Å². The van der Waals surface area contributed by atoms with Crippen LogP contribution in [0, 0.1) is 6.57 Å². The highest BCUT2D eigenvalue weighted by atomic mass is 19.4. The summed E-state index contributed by atoms with van der Waals surface area (Å²) in [6.45, 7) is 6.97. The molecular weight excluding hydrogens is 323 g/mol. The summed E-state index contributed by atoms with van der Waals surface area (Å²) in [5.74, 6) is -0.330. The van der Waals surface area contributed by atoms with E-state index in [1.807, 2.05) is 0 Å². The van der Waals surface area contributed by atoms with Gasteiger partial charge in [0.15, 0.2) is 0 Å². The molecule has 0 aliphatic heterocycles. The van der Waals surface area contributed by atoms with E-state index >= 15 is 0 Å². The maximum Gasteiger partial charge on any atom is 0.421 e. The molecule has 24 heavy (non-hydrogen) atoms. The predicted octanol–water partition coefficient (Wildman–Crippen LogP) is 3.48. The Labute approximate surface area is 134 Å². The zero-order valence-corrected chi connectivity index (χ0v) is 12.3. The Hall–Kier alpha value is -3.35. The van der Waals surface area contributed by atoms with Gasteiger partial charge in [0.05, 0.1) is 24.0 Å². The summed E-state index contributed by atoms with van der Waals surface area (Å²) < 4.78 is 40.0. The summed E-state index contributed by atoms with van der Waals surface area (Å²) >= 11 is 0. The van der Waals surface area contributed by atoms with E-state index in [1.165, 1.54) is 17.8 Å². The van der Waals surface area contributed by atoms with Crippen molar-refractivity contribution in [2.45, 2.75) is 6.18 Å². The van der Waals surface area contributed by atoms with E-state index in [2.05, 4.69) is 30.5 Å². The first-order valence-corrected chi connectivity index (χ1v) is 6.66. The largest absolute Gasteiger partial charge is 0.421 e. The van der Waals surface area contributed by atoms with Gasteiger partial charge in [0, 0.05) is 19.4 Å². The predicted molar refractivity (Wildman–Crippen MR) is 81.3 cm³/mol. The van der Waals surface area contributed by atoms with Gasteiger partial charge < -0.3 is 10.6 Å². The van der Waals surface area contributed by atoms with Crippen LogP contribution in [0.2, 0.25) is 0 Å². The first-order valence-electron chi connectivity index (χ1n) is 6.66. The van der Waals surface area contributed by atoms with Crippen molar-refractivity contribution in [3.8, 4) is 0 Å². The van der Waals surface area contributed by atoms with Crippen LogP contribution in [0.25, 0.3) is 10.4 Å². The molecule has 0 spiro atoms. The van der Waals surface area contributed by atoms with Crippen molar-refractivity contribution in [1.82, 2.24) is 19.6 Å². The number of pyridine rings is 1. The SMILES string of the molecule is [C-]#[N+]c1ccc2c(Nc3ncc(C(F)(F)F)c(NC)n3)cnn2c1. The molecule has 0 saturated carbocycles. The summed E-state index contributed by atoms with van der Waals surface area (Å²) in [6, 6.07) is 3.29. The highest BCUT2D eigenvalue weighted by Gasteiger charge is 2.35. The lowest BCUT2D eigenvalue weighted by Gasteiger charge is -2.12. The van der Waals surface area contributed by atoms with Crippen LogP contribution in [0.1, 0.15) is 5.56 Å². The van der Waals surface area contributed by atoms with Crippen LogP contribution in [0.3, 0.4) is 0 Å². The molecule has 0 amide bonds. The normalized spacial score (nSPS) is 11.3. The Kier molecular flexibility index (Phi) is 3.69. The number of nitrogens with zero attached hydrogens (tertiary/aromatic N) is 5. The van der Waals surface area contributed by atoms with Crippen molar-refractivity contribution >= 4 is 28.7 Å². The molecule has 122 valence electrons. The number of fused-ring (bicyclic) bond motifs is 1. The molecule has 3 heterocycles. The molecule has 7 nitrogen and oxygen atoms in total. The minimum Gasteiger partial charge on any atom is -0.372 e. The molecule has 3 aromatic heterocycles. The van der Waals surface area contributed by atoms with Crippen LogP contribution in [-0.4, -0.2) is 26.6 Å². The lowest BCUT2D eigenvalue weighted by Crippen LogP contribution is -2.12. The Morgan fingerprint density at radius 1 is 1.25 bits per heavy atom. The average molecular weight is 333 g/mol. The monoisotopic (exact) mass is 333 g/mol. The van der Waals surface area contributed by atoms with E-state index in [-0.39, 0.29) is 11.8 Å². The second-order valence-corrected chi connectivity index (χ2v) is 4.72. The Morgan fingerprint density at radius 2 is 2.04 bits per heavy atom. The van der Waals surface area contributed by atoms with Crippen LogP contribution in [0.4, 0.5) is 36.3 Å². The molecule has 0 unspecified atom stereocenters. The van der Waals surface area contributed by atoms with Gasteiger partial charge in [0.25, 0.3) is 0 Å². The van der Waals surface area contributed by atoms with Gasteiger partial charge in [-0.15, -0.1) is 0 Å². The standard InChI is InChI=1S/C14H10F3N7/c1-18-8-3-4-11-10(6-21-24(11)7-8)22-13-20-5-9(14(15,16)17)12(19-2)23-13/h3-7H,2H3,(H2,19,20,22,23). The van der Waals surface area contributed by atoms with Crippen molar-refractivity contribution in [2.75, 3.05) is 17.7 Å². The van der Waals surface area contributed by atoms with Gasteiger partial charge >= 0.3 is 6.18 Å². The smallest absolute Gasteiger partial charge is 0.372 e. The van der Waals surface area contributed by atoms with Gasteiger partial charge in [-0.25, -0.2) is 14.3 Å². The molecule has 0 fully saturated rings. The van der Waals surface area contributed by atoms with Crippen LogP contribution < -0.4 is 10.6 Å². The van der Waals surface area contributed by atoms with Crippen molar-refractivity contribution in [3.05, 3.63) is 47.7 Å². The van der Waals surface area contributed by atoms with Gasteiger partial charge in [0.2, 0.25) is 11.6 Å². The zero-order valence-electron chi connectivity index (χ0n) is 12.3. The molecule has 0 aliphatic rings. The maximum absolute atomic E-state index is 12.8. The van der Waals surface area contributed by atoms with Gasteiger partial charge in [-0.3, -0.25) is 0 Å². The summed E-state index contributed by atoms with van der Waals surface area (Å²) in [4.78, 5) is 10.8. The van der Waals surface area contributed by atoms with Gasteiger partial charge in [-0.2, -0.15) is 23.3 Å². The molecule has 0 atom stereocenters. The quantitative estimate of drug-likeness (QED) is 0.718. The van der Waals surface area contributed by atoms with E-state index in [1.54, 1.807) is 18.3 Å². The van der Waals surface area contributed by atoms with Crippen molar-refractivity contribution < 1.29 is 13.2 Å². The van der Waals surface area contributed by atoms with Crippen molar-refractivity contribution in [1.29, 1.82) is 0 Å². The Balaban J connectivity index is 1.96. The van der Waals surface area contributed by atoms with E-state index in [9.17, 15) is 13.2 Å². The van der Waals surface area contributed by atoms with Crippen molar-refractivity contribution in [3.63, 3.8) is 0 Å². The van der Waals surface area contributed by atoms with E-state index < -0.39 is 11.7 Å². The summed E-state index contributed by atoms with van der Waals surface area (Å²) in [6.07, 6.45) is -0.815. The van der Waals surface area contributed by atoms with Gasteiger partial charge in [-0.05, 0) is 6.07 Å². The number of halogens is 3. The lowest BCUT2D eigenvalue weighted by molar-refractivity contribution is -0.137. The average Bonchev–Trinajstić information content (AvgIpc) is 2.95. The molecule has 0 bridgehead atoms. The second kappa shape index (κ2) is 5.69. The number of nitrogens with one attached hydrogen (secondary N) is 2. The van der Waals surface area contributed by atoms with Gasteiger partial charge in [-0.1, -0.05) is 6.07 Å². The second-order valence-electron chi connectivity index (χ2n) is 4.72. The molecule has 0 aromatic carbocycles. The molecule has 3 aromatic rings. The third-order valence-electron chi connectivity index (χ3n) is 3.21. The molecule has 3 rings (SSSR count). The molecular formula is C14H10F3N7. The number of rotatable bonds is 3. The van der Waals surface area contributed by atoms with Crippen LogP contribution in [-0.2, 0) is 6.18 Å². The first-order chi connectivity index (χ1) is 11.4. The minimum absolute atomic E-state index is 0.00324. The van der Waals surface area contributed by atoms with Crippen LogP contribution in [0.15, 0.2) is 30.7 Å². The topological polar surface area (TPSA) is 71.5 Å². The molecule has 0 saturated heterocycles. The minimum atomic E-state index is -4.54. The number of alkyl halides is 3. The van der Waals surface area contributed by atoms with Gasteiger partial charge in [0.1, 0.15) is 11.4 Å². The third kappa shape index (κ3) is 2.79. The first kappa shape index (κ1) is 15.5. The third-order valence-corrected chi connectivity index (χ3v) is 3.21. The molecule has 0 aliphatic carbocycles. The highest BCUT2D eigenvalue weighted by Crippen LogP contribution is 2.34. The fourth-order valence-electron chi connectivity index (χ4n) is 2.10. The fraction of sp³-hybridized carbons (Fsp3) is 0.143. The van der Waals surface area contributed by atoms with E-state index in [0.717, 1.165) is 0 Å². The summed E-state index contributed by atoms with van der Waals surface area (Å²) in [5, 5.41) is 9.32. The Morgan fingerprint density at radius 3 is 2.71 bits per heavy atom. The molecule has 2 N–H and O–H groups in total. The number of hydrogen-bond acceptors (Lipinski definition) is 5. The number of hydrogen-bond donors (Lipinski definition) is 2. The molecule has 0 radical (unpaired) electrons. The number of aromatic nitrogens is 4.